The predicted molar refractivity (Wildman–Crippen MR) is 111 cm³/mol. The van der Waals surface area contributed by atoms with Gasteiger partial charge in [-0.2, -0.15) is 5.10 Å². The monoisotopic (exact) mass is 394 g/mol. The zero-order chi connectivity index (χ0) is 21.0. The molecule has 0 bridgehead atoms. The minimum atomic E-state index is -0.548. The number of rotatable bonds is 7. The van der Waals surface area contributed by atoms with Crippen molar-refractivity contribution in [3.05, 3.63) is 70.8 Å². The second-order valence-corrected chi connectivity index (χ2v) is 6.68. The van der Waals surface area contributed by atoms with E-state index >= 15 is 0 Å². The van der Waals surface area contributed by atoms with Gasteiger partial charge in [0.25, 0.3) is 11.6 Å². The summed E-state index contributed by atoms with van der Waals surface area (Å²) < 4.78 is 1.28. The number of aromatic nitrogens is 3. The summed E-state index contributed by atoms with van der Waals surface area (Å²) in [6.07, 6.45) is 2.65. The van der Waals surface area contributed by atoms with Crippen LogP contribution in [0.4, 0.5) is 17.1 Å². The zero-order valence-electron chi connectivity index (χ0n) is 16.4. The Hall–Kier alpha value is -3.75. The molecule has 0 unspecified atom stereocenters. The van der Waals surface area contributed by atoms with Gasteiger partial charge in [0.15, 0.2) is 0 Å². The fourth-order valence-electron chi connectivity index (χ4n) is 3.12. The standard InChI is InChI=1S/C20H22N6O3/c1-4-24(14(2)3)17-8-6-16(7-9-17)23-20(27)15-5-10-18(19(11-15)26(28)29)25-13-21-12-22-25/h5-14H,4H2,1-3H3,(H,23,27). The molecular formula is C20H22N6O3. The zero-order valence-corrected chi connectivity index (χ0v) is 16.4. The maximum Gasteiger partial charge on any atom is 0.295 e. The summed E-state index contributed by atoms with van der Waals surface area (Å²) in [5.41, 5.74) is 1.87. The maximum absolute atomic E-state index is 12.6. The van der Waals surface area contributed by atoms with Crippen molar-refractivity contribution in [2.45, 2.75) is 26.8 Å². The summed E-state index contributed by atoms with van der Waals surface area (Å²) >= 11 is 0. The Bertz CT molecular complexity index is 1000. The fraction of sp³-hybridized carbons (Fsp3) is 0.250. The van der Waals surface area contributed by atoms with Crippen molar-refractivity contribution >= 4 is 23.0 Å². The van der Waals surface area contributed by atoms with Gasteiger partial charge in [0.1, 0.15) is 18.3 Å². The van der Waals surface area contributed by atoms with Crippen molar-refractivity contribution < 1.29 is 9.72 Å². The molecule has 3 aromatic rings. The Morgan fingerprint density at radius 2 is 1.97 bits per heavy atom. The average molecular weight is 394 g/mol. The van der Waals surface area contributed by atoms with E-state index in [1.165, 1.54) is 35.5 Å². The highest BCUT2D eigenvalue weighted by atomic mass is 16.6. The number of hydrogen-bond donors (Lipinski definition) is 1. The van der Waals surface area contributed by atoms with E-state index in [1.54, 1.807) is 0 Å². The van der Waals surface area contributed by atoms with Gasteiger partial charge in [-0.15, -0.1) is 0 Å². The molecule has 29 heavy (non-hydrogen) atoms. The first-order chi connectivity index (χ1) is 13.9. The van der Waals surface area contributed by atoms with E-state index in [9.17, 15) is 14.9 Å². The Morgan fingerprint density at radius 1 is 1.24 bits per heavy atom. The van der Waals surface area contributed by atoms with Crippen LogP contribution in [0.25, 0.3) is 5.69 Å². The first kappa shape index (κ1) is 20.0. The van der Waals surface area contributed by atoms with Gasteiger partial charge in [0, 0.05) is 35.6 Å². The van der Waals surface area contributed by atoms with Crippen molar-refractivity contribution in [3.8, 4) is 5.69 Å². The molecule has 9 nitrogen and oxygen atoms in total. The molecule has 1 aromatic heterocycles. The number of carbonyl (C=O) groups excluding carboxylic acids is 1. The SMILES string of the molecule is CCN(c1ccc(NC(=O)c2ccc(-n3cncn3)c([N+](=O)[O-])c2)cc1)C(C)C. The second kappa shape index (κ2) is 8.51. The maximum atomic E-state index is 12.6. The summed E-state index contributed by atoms with van der Waals surface area (Å²) in [7, 11) is 0. The summed E-state index contributed by atoms with van der Waals surface area (Å²) in [5, 5.41) is 18.1. The smallest absolute Gasteiger partial charge is 0.295 e. The van der Waals surface area contributed by atoms with Crippen LogP contribution in [0, 0.1) is 10.1 Å². The number of benzene rings is 2. The summed E-state index contributed by atoms with van der Waals surface area (Å²) in [4.78, 5) is 29.5. The quantitative estimate of drug-likeness (QED) is 0.484. The second-order valence-electron chi connectivity index (χ2n) is 6.68. The van der Waals surface area contributed by atoms with Crippen molar-refractivity contribution in [2.75, 3.05) is 16.8 Å². The summed E-state index contributed by atoms with van der Waals surface area (Å²) in [6, 6.07) is 12.1. The van der Waals surface area contributed by atoms with Crippen molar-refractivity contribution in [2.24, 2.45) is 0 Å². The lowest BCUT2D eigenvalue weighted by Crippen LogP contribution is -2.30. The summed E-state index contributed by atoms with van der Waals surface area (Å²) in [6.45, 7) is 7.21. The van der Waals surface area contributed by atoms with E-state index in [4.69, 9.17) is 0 Å². The molecule has 0 saturated carbocycles. The number of anilines is 2. The first-order valence-electron chi connectivity index (χ1n) is 9.22. The van der Waals surface area contributed by atoms with Gasteiger partial charge >= 0.3 is 0 Å². The number of nitrogens with one attached hydrogen (secondary N) is 1. The molecule has 0 atom stereocenters. The average Bonchev–Trinajstić information content (AvgIpc) is 3.23. The highest BCUT2D eigenvalue weighted by Gasteiger charge is 2.19. The predicted octanol–water partition coefficient (Wildman–Crippen LogP) is 3.66. The van der Waals surface area contributed by atoms with E-state index in [0.717, 1.165) is 12.2 Å². The molecule has 0 saturated heterocycles. The highest BCUT2D eigenvalue weighted by Crippen LogP contribution is 2.25. The highest BCUT2D eigenvalue weighted by molar-refractivity contribution is 6.05. The van der Waals surface area contributed by atoms with E-state index < -0.39 is 10.8 Å². The molecule has 0 fully saturated rings. The van der Waals surface area contributed by atoms with Crippen LogP contribution in [-0.2, 0) is 0 Å². The first-order valence-corrected chi connectivity index (χ1v) is 9.22. The number of carbonyl (C=O) groups is 1. The van der Waals surface area contributed by atoms with Gasteiger partial charge in [0.2, 0.25) is 0 Å². The molecule has 0 spiro atoms. The third-order valence-corrected chi connectivity index (χ3v) is 4.52. The van der Waals surface area contributed by atoms with Crippen LogP contribution in [-0.4, -0.2) is 38.2 Å². The molecule has 2 aromatic carbocycles. The molecule has 1 heterocycles. The minimum Gasteiger partial charge on any atom is -0.369 e. The molecule has 1 amide bonds. The lowest BCUT2D eigenvalue weighted by atomic mass is 10.1. The van der Waals surface area contributed by atoms with Crippen LogP contribution < -0.4 is 10.2 Å². The van der Waals surface area contributed by atoms with Crippen LogP contribution in [0.5, 0.6) is 0 Å². The molecule has 0 aliphatic carbocycles. The molecular weight excluding hydrogens is 372 g/mol. The Morgan fingerprint density at radius 3 is 2.52 bits per heavy atom. The molecule has 0 radical (unpaired) electrons. The third kappa shape index (κ3) is 4.40. The largest absolute Gasteiger partial charge is 0.369 e. The van der Waals surface area contributed by atoms with Crippen molar-refractivity contribution in [1.82, 2.24) is 14.8 Å². The van der Waals surface area contributed by atoms with E-state index in [2.05, 4.69) is 41.1 Å². The van der Waals surface area contributed by atoms with Gasteiger partial charge in [-0.05, 0) is 57.2 Å². The van der Waals surface area contributed by atoms with Crippen molar-refractivity contribution in [1.29, 1.82) is 0 Å². The van der Waals surface area contributed by atoms with Crippen LogP contribution >= 0.6 is 0 Å². The van der Waals surface area contributed by atoms with E-state index in [1.807, 2.05) is 24.3 Å². The lowest BCUT2D eigenvalue weighted by molar-refractivity contribution is -0.384. The van der Waals surface area contributed by atoms with Gasteiger partial charge in [0.05, 0.1) is 4.92 Å². The van der Waals surface area contributed by atoms with E-state index in [-0.39, 0.29) is 16.9 Å². The minimum absolute atomic E-state index is 0.182. The number of amides is 1. The Balaban J connectivity index is 1.80. The Labute approximate surface area is 168 Å². The van der Waals surface area contributed by atoms with Crippen LogP contribution in [0.15, 0.2) is 55.1 Å². The molecule has 0 aliphatic heterocycles. The third-order valence-electron chi connectivity index (χ3n) is 4.52. The van der Waals surface area contributed by atoms with Crippen LogP contribution in [0.1, 0.15) is 31.1 Å². The molecule has 3 rings (SSSR count). The number of nitrogens with zero attached hydrogens (tertiary/aromatic N) is 5. The van der Waals surface area contributed by atoms with Gasteiger partial charge < -0.3 is 10.2 Å². The normalized spacial score (nSPS) is 10.8. The van der Waals surface area contributed by atoms with Crippen molar-refractivity contribution in [3.63, 3.8) is 0 Å². The van der Waals surface area contributed by atoms with Gasteiger partial charge in [-0.3, -0.25) is 14.9 Å². The van der Waals surface area contributed by atoms with Gasteiger partial charge in [-0.1, -0.05) is 0 Å². The number of hydrogen-bond acceptors (Lipinski definition) is 6. The van der Waals surface area contributed by atoms with Crippen LogP contribution in [0.3, 0.4) is 0 Å². The molecule has 150 valence electrons. The topological polar surface area (TPSA) is 106 Å². The fourth-order valence-corrected chi connectivity index (χ4v) is 3.12. The molecule has 0 aliphatic rings. The van der Waals surface area contributed by atoms with E-state index in [0.29, 0.717) is 11.7 Å². The van der Waals surface area contributed by atoms with Gasteiger partial charge in [-0.25, -0.2) is 9.67 Å². The number of nitro benzene ring substituents is 1. The summed E-state index contributed by atoms with van der Waals surface area (Å²) in [5.74, 6) is -0.429. The number of nitro groups is 1. The molecule has 9 heteroatoms. The Kier molecular flexibility index (Phi) is 5.87. The lowest BCUT2D eigenvalue weighted by Gasteiger charge is -2.27. The molecule has 1 N–H and O–H groups in total. The van der Waals surface area contributed by atoms with Crippen LogP contribution in [0.2, 0.25) is 0 Å².